The summed E-state index contributed by atoms with van der Waals surface area (Å²) in [5.74, 6) is -0.823. The van der Waals surface area contributed by atoms with Gasteiger partial charge in [-0.3, -0.25) is 14.9 Å². The zero-order chi connectivity index (χ0) is 20.3. The topological polar surface area (TPSA) is 75.7 Å². The number of imide groups is 2. The lowest BCUT2D eigenvalue weighted by Crippen LogP contribution is -2.54. The smallest absolute Gasteiger partial charge is 0.335 e. The van der Waals surface area contributed by atoms with E-state index in [1.54, 1.807) is 42.5 Å². The average molecular weight is 378 g/mol. The fourth-order valence-corrected chi connectivity index (χ4v) is 2.75. The number of nitrogens with zero attached hydrogens (tertiary/aromatic N) is 1. The molecular formula is C22H22N2O4. The monoisotopic (exact) mass is 378 g/mol. The number of para-hydroxylation sites is 1. The molecule has 2 aromatic carbocycles. The molecule has 0 aromatic heterocycles. The largest absolute Gasteiger partial charge is 0.490 e. The quantitative estimate of drug-likeness (QED) is 0.634. The lowest BCUT2D eigenvalue weighted by atomic mass is 10.1. The van der Waals surface area contributed by atoms with Crippen LogP contribution < -0.4 is 15.0 Å². The number of hydrogen-bond donors (Lipinski definition) is 1. The third-order valence-electron chi connectivity index (χ3n) is 4.52. The molecule has 0 unspecified atom stereocenters. The van der Waals surface area contributed by atoms with Crippen molar-refractivity contribution in [3.8, 4) is 5.75 Å². The number of rotatable bonds is 5. The van der Waals surface area contributed by atoms with Gasteiger partial charge < -0.3 is 4.74 Å². The Morgan fingerprint density at radius 1 is 1.07 bits per heavy atom. The van der Waals surface area contributed by atoms with Crippen molar-refractivity contribution in [3.05, 3.63) is 65.2 Å². The van der Waals surface area contributed by atoms with Gasteiger partial charge in [-0.25, -0.2) is 9.69 Å². The van der Waals surface area contributed by atoms with Crippen LogP contribution in [0.25, 0.3) is 6.08 Å². The highest BCUT2D eigenvalue weighted by molar-refractivity contribution is 6.39. The van der Waals surface area contributed by atoms with Gasteiger partial charge in [0.2, 0.25) is 0 Å². The van der Waals surface area contributed by atoms with Gasteiger partial charge in [0, 0.05) is 5.56 Å². The van der Waals surface area contributed by atoms with Gasteiger partial charge in [0.25, 0.3) is 11.8 Å². The average Bonchev–Trinajstić information content (AvgIpc) is 2.67. The SMILES string of the molecule is CC[C@@H](C)Oc1ccccc1/C=C1\C(=O)NC(=O)N(c2ccc(C)cc2)C1=O. The molecule has 4 amide bonds. The van der Waals surface area contributed by atoms with E-state index < -0.39 is 17.8 Å². The zero-order valence-electron chi connectivity index (χ0n) is 16.1. The van der Waals surface area contributed by atoms with Crippen LogP contribution in [0.15, 0.2) is 54.1 Å². The van der Waals surface area contributed by atoms with Crippen LogP contribution in [-0.4, -0.2) is 23.9 Å². The van der Waals surface area contributed by atoms with Crippen LogP contribution in [0.4, 0.5) is 10.5 Å². The van der Waals surface area contributed by atoms with Crippen molar-refractivity contribution in [2.75, 3.05) is 4.90 Å². The lowest BCUT2D eigenvalue weighted by Gasteiger charge is -2.26. The number of benzene rings is 2. The predicted molar refractivity (Wildman–Crippen MR) is 107 cm³/mol. The molecule has 1 heterocycles. The van der Waals surface area contributed by atoms with Gasteiger partial charge in [-0.05, 0) is 44.5 Å². The van der Waals surface area contributed by atoms with Crippen LogP contribution in [-0.2, 0) is 9.59 Å². The van der Waals surface area contributed by atoms with Gasteiger partial charge in [-0.1, -0.05) is 42.8 Å². The van der Waals surface area contributed by atoms with E-state index in [4.69, 9.17) is 4.74 Å². The Kier molecular flexibility index (Phi) is 5.59. The lowest BCUT2D eigenvalue weighted by molar-refractivity contribution is -0.122. The number of hydrogen-bond acceptors (Lipinski definition) is 4. The minimum Gasteiger partial charge on any atom is -0.490 e. The molecule has 0 saturated carbocycles. The molecule has 6 heteroatoms. The number of anilines is 1. The summed E-state index contributed by atoms with van der Waals surface area (Å²) in [5, 5.41) is 2.23. The van der Waals surface area contributed by atoms with Crippen LogP contribution in [0.3, 0.4) is 0 Å². The minimum absolute atomic E-state index is 0.0129. The molecule has 1 aliphatic heterocycles. The molecule has 3 rings (SSSR count). The van der Waals surface area contributed by atoms with Gasteiger partial charge in [0.1, 0.15) is 11.3 Å². The third-order valence-corrected chi connectivity index (χ3v) is 4.52. The van der Waals surface area contributed by atoms with E-state index in [0.717, 1.165) is 16.9 Å². The van der Waals surface area contributed by atoms with E-state index in [0.29, 0.717) is 17.0 Å². The van der Waals surface area contributed by atoms with Crippen molar-refractivity contribution in [2.24, 2.45) is 0 Å². The first kappa shape index (κ1) is 19.4. The third kappa shape index (κ3) is 3.96. The molecule has 144 valence electrons. The molecule has 0 bridgehead atoms. The van der Waals surface area contributed by atoms with E-state index >= 15 is 0 Å². The first-order chi connectivity index (χ1) is 13.4. The first-order valence-electron chi connectivity index (χ1n) is 9.14. The highest BCUT2D eigenvalue weighted by Gasteiger charge is 2.36. The summed E-state index contributed by atoms with van der Waals surface area (Å²) in [6, 6.07) is 13.3. The summed E-state index contributed by atoms with van der Waals surface area (Å²) in [6.07, 6.45) is 2.27. The summed E-state index contributed by atoms with van der Waals surface area (Å²) in [7, 11) is 0. The van der Waals surface area contributed by atoms with Crippen molar-refractivity contribution >= 4 is 29.6 Å². The molecule has 0 spiro atoms. The minimum atomic E-state index is -0.764. The van der Waals surface area contributed by atoms with Gasteiger partial charge >= 0.3 is 6.03 Å². The fraction of sp³-hybridized carbons (Fsp3) is 0.227. The van der Waals surface area contributed by atoms with Gasteiger partial charge in [-0.15, -0.1) is 0 Å². The van der Waals surface area contributed by atoms with Crippen molar-refractivity contribution in [1.82, 2.24) is 5.32 Å². The van der Waals surface area contributed by atoms with Crippen molar-refractivity contribution < 1.29 is 19.1 Å². The van der Waals surface area contributed by atoms with E-state index in [9.17, 15) is 14.4 Å². The van der Waals surface area contributed by atoms with Crippen LogP contribution in [0, 0.1) is 6.92 Å². The summed E-state index contributed by atoms with van der Waals surface area (Å²) in [6.45, 7) is 5.86. The number of carbonyl (C=O) groups excluding carboxylic acids is 3. The standard InChI is InChI=1S/C22H22N2O4/c1-4-15(3)28-19-8-6-5-7-16(19)13-18-20(25)23-22(27)24(21(18)26)17-11-9-14(2)10-12-17/h5-13,15H,4H2,1-3H3,(H,23,25,27)/b18-13+/t15-/m1/s1. The van der Waals surface area contributed by atoms with Crippen LogP contribution in [0.1, 0.15) is 31.4 Å². The number of carbonyl (C=O) groups is 3. The maximum absolute atomic E-state index is 13.0. The van der Waals surface area contributed by atoms with E-state index in [1.807, 2.05) is 26.8 Å². The molecule has 28 heavy (non-hydrogen) atoms. The first-order valence-corrected chi connectivity index (χ1v) is 9.14. The Morgan fingerprint density at radius 3 is 2.43 bits per heavy atom. The van der Waals surface area contributed by atoms with E-state index in [1.165, 1.54) is 6.08 Å². The van der Waals surface area contributed by atoms with Crippen molar-refractivity contribution in [2.45, 2.75) is 33.3 Å². The second-order valence-corrected chi connectivity index (χ2v) is 6.67. The highest BCUT2D eigenvalue weighted by Crippen LogP contribution is 2.26. The number of nitrogens with one attached hydrogen (secondary N) is 1. The Bertz CT molecular complexity index is 947. The molecule has 1 fully saturated rings. The molecule has 1 aliphatic rings. The molecule has 1 atom stereocenters. The molecule has 6 nitrogen and oxygen atoms in total. The second kappa shape index (κ2) is 8.08. The van der Waals surface area contributed by atoms with E-state index in [-0.39, 0.29) is 11.7 Å². The summed E-state index contributed by atoms with van der Waals surface area (Å²) in [5.41, 5.74) is 1.87. The fourth-order valence-electron chi connectivity index (χ4n) is 2.75. The van der Waals surface area contributed by atoms with Gasteiger partial charge in [-0.2, -0.15) is 0 Å². The molecule has 0 aliphatic carbocycles. The predicted octanol–water partition coefficient (Wildman–Crippen LogP) is 3.84. The van der Waals surface area contributed by atoms with Gasteiger partial charge in [0.05, 0.1) is 11.8 Å². The Labute approximate surface area is 163 Å². The van der Waals surface area contributed by atoms with Crippen LogP contribution in [0.5, 0.6) is 5.75 Å². The number of urea groups is 1. The maximum Gasteiger partial charge on any atom is 0.335 e. The van der Waals surface area contributed by atoms with Gasteiger partial charge in [0.15, 0.2) is 0 Å². The maximum atomic E-state index is 13.0. The summed E-state index contributed by atoms with van der Waals surface area (Å²) in [4.78, 5) is 38.5. The Hall–Kier alpha value is -3.41. The Balaban J connectivity index is 1.99. The normalized spacial score (nSPS) is 16.9. The molecule has 1 saturated heterocycles. The molecule has 0 radical (unpaired) electrons. The van der Waals surface area contributed by atoms with Crippen LogP contribution >= 0.6 is 0 Å². The molecule has 2 aromatic rings. The number of aryl methyl sites for hydroxylation is 1. The summed E-state index contributed by atoms with van der Waals surface area (Å²) < 4.78 is 5.88. The molecule has 1 N–H and O–H groups in total. The molecular weight excluding hydrogens is 356 g/mol. The van der Waals surface area contributed by atoms with Crippen LogP contribution in [0.2, 0.25) is 0 Å². The van der Waals surface area contributed by atoms with E-state index in [2.05, 4.69) is 5.32 Å². The highest BCUT2D eigenvalue weighted by atomic mass is 16.5. The van der Waals surface area contributed by atoms with Crippen molar-refractivity contribution in [1.29, 1.82) is 0 Å². The number of barbiturate groups is 1. The Morgan fingerprint density at radius 2 is 1.75 bits per heavy atom. The second-order valence-electron chi connectivity index (χ2n) is 6.67. The zero-order valence-corrected chi connectivity index (χ0v) is 16.1. The van der Waals surface area contributed by atoms with Crippen molar-refractivity contribution in [3.63, 3.8) is 0 Å². The number of ether oxygens (including phenoxy) is 1. The summed E-state index contributed by atoms with van der Waals surface area (Å²) >= 11 is 0. The number of amides is 4.